The summed E-state index contributed by atoms with van der Waals surface area (Å²) in [7, 11) is 1.70. The van der Waals surface area contributed by atoms with Crippen molar-refractivity contribution in [3.63, 3.8) is 0 Å². The van der Waals surface area contributed by atoms with Gasteiger partial charge in [-0.15, -0.1) is 0 Å². The van der Waals surface area contributed by atoms with Gasteiger partial charge in [-0.2, -0.15) is 0 Å². The molecule has 1 saturated heterocycles. The molecule has 4 aliphatic rings. The average Bonchev–Trinajstić information content (AvgIpc) is 3.45. The molecule has 3 fully saturated rings. The number of guanidine groups is 1. The fourth-order valence-corrected chi connectivity index (χ4v) is 6.53. The van der Waals surface area contributed by atoms with E-state index in [4.69, 9.17) is 19.9 Å². The maximum absolute atomic E-state index is 16.7. The van der Waals surface area contributed by atoms with E-state index in [9.17, 15) is 9.59 Å². The molecule has 0 unspecified atom stereocenters. The minimum atomic E-state index is -2.17. The molecule has 0 aromatic carbocycles. The van der Waals surface area contributed by atoms with Gasteiger partial charge in [0, 0.05) is 19.9 Å². The van der Waals surface area contributed by atoms with Gasteiger partial charge >= 0.3 is 23.4 Å². The summed E-state index contributed by atoms with van der Waals surface area (Å²) in [6.45, 7) is 1.12. The molecule has 1 aromatic rings. The molecule has 5 rings (SSSR count). The Bertz CT molecular complexity index is 1250. The van der Waals surface area contributed by atoms with Gasteiger partial charge in [0.15, 0.2) is 17.3 Å². The van der Waals surface area contributed by atoms with Crippen LogP contribution < -0.4 is 31.9 Å². The minimum absolute atomic E-state index is 0.112. The SMILES string of the molecule is CNC1=c2ncn([C@@H]3O[C@H](COC(=O)CC4CCCCC4)[C@@H](OC(=O)CC4CCCCC4)[C@@]3(C)F)c2=[N+]=C(N)N1. The third-order valence-electron chi connectivity index (χ3n) is 8.69. The van der Waals surface area contributed by atoms with Crippen LogP contribution in [0.5, 0.6) is 0 Å². The Hall–Kier alpha value is -3.11. The maximum Gasteiger partial charge on any atom is 0.398 e. The Morgan fingerprint density at radius 2 is 1.77 bits per heavy atom. The second-order valence-corrected chi connectivity index (χ2v) is 11.8. The molecule has 1 aromatic heterocycles. The summed E-state index contributed by atoms with van der Waals surface area (Å²) >= 11 is 0. The number of aromatic nitrogens is 2. The van der Waals surface area contributed by atoms with Gasteiger partial charge in [-0.3, -0.25) is 15.3 Å². The smallest absolute Gasteiger partial charge is 0.398 e. The van der Waals surface area contributed by atoms with Crippen molar-refractivity contribution in [2.24, 2.45) is 17.6 Å². The van der Waals surface area contributed by atoms with Crippen LogP contribution in [0.15, 0.2) is 6.33 Å². The Balaban J connectivity index is 1.37. The fraction of sp³-hybridized carbons (Fsp3) is 0.750. The van der Waals surface area contributed by atoms with E-state index in [-0.39, 0.29) is 30.9 Å². The normalized spacial score (nSPS) is 29.1. The highest BCUT2D eigenvalue weighted by molar-refractivity contribution is 5.83. The second kappa shape index (κ2) is 12.2. The molecule has 0 radical (unpaired) electrons. The highest BCUT2D eigenvalue weighted by atomic mass is 19.1. The number of hydrogen-bond donors (Lipinski definition) is 3. The molecule has 40 heavy (non-hydrogen) atoms. The number of nitrogens with one attached hydrogen (secondary N) is 2. The van der Waals surface area contributed by atoms with Gasteiger partial charge in [-0.25, -0.2) is 23.9 Å². The summed E-state index contributed by atoms with van der Waals surface area (Å²) in [5.74, 6) is 0.361. The number of nitrogens with two attached hydrogens (primary N) is 1. The number of carbonyl (C=O) groups is 2. The highest BCUT2D eigenvalue weighted by Gasteiger charge is 2.60. The first-order valence-electron chi connectivity index (χ1n) is 14.7. The number of rotatable bonds is 9. The van der Waals surface area contributed by atoms with Crippen molar-refractivity contribution in [3.8, 4) is 0 Å². The molecule has 3 heterocycles. The first-order valence-corrected chi connectivity index (χ1v) is 14.7. The lowest BCUT2D eigenvalue weighted by atomic mass is 9.87. The number of esters is 2. The molecule has 220 valence electrons. The Labute approximate surface area is 233 Å². The van der Waals surface area contributed by atoms with E-state index < -0.39 is 30.1 Å². The third kappa shape index (κ3) is 6.12. The maximum atomic E-state index is 16.7. The predicted molar refractivity (Wildman–Crippen MR) is 144 cm³/mol. The number of hydrogen-bond acceptors (Lipinski definition) is 9. The first kappa shape index (κ1) is 28.4. The van der Waals surface area contributed by atoms with Gasteiger partial charge in [0.1, 0.15) is 19.0 Å². The van der Waals surface area contributed by atoms with E-state index in [2.05, 4.69) is 20.3 Å². The number of nitrogens with zero attached hydrogens (tertiary/aromatic N) is 3. The zero-order valence-electron chi connectivity index (χ0n) is 23.5. The van der Waals surface area contributed by atoms with E-state index in [0.29, 0.717) is 29.0 Å². The van der Waals surface area contributed by atoms with Gasteiger partial charge in [0.2, 0.25) is 11.9 Å². The molecule has 4 N–H and O–H groups in total. The summed E-state index contributed by atoms with van der Waals surface area (Å²) in [6, 6.07) is 0. The molecule has 0 bridgehead atoms. The Morgan fingerprint density at radius 3 is 2.40 bits per heavy atom. The lowest BCUT2D eigenvalue weighted by molar-refractivity contribution is -0.162. The average molecular weight is 562 g/mol. The van der Waals surface area contributed by atoms with Crippen molar-refractivity contribution in [2.45, 2.75) is 108 Å². The fourth-order valence-electron chi connectivity index (χ4n) is 6.53. The zero-order chi connectivity index (χ0) is 28.3. The summed E-state index contributed by atoms with van der Waals surface area (Å²) in [6.07, 6.45) is 9.19. The van der Waals surface area contributed by atoms with Crippen LogP contribution in [0.25, 0.3) is 5.82 Å². The monoisotopic (exact) mass is 561 g/mol. The molecule has 0 spiro atoms. The molecular weight excluding hydrogens is 519 g/mol. The van der Waals surface area contributed by atoms with E-state index in [1.807, 2.05) is 0 Å². The number of fused-ring (bicyclic) bond motifs is 1. The van der Waals surface area contributed by atoms with E-state index in [1.54, 1.807) is 7.05 Å². The van der Waals surface area contributed by atoms with Crippen LogP contribution in [0.4, 0.5) is 4.39 Å². The van der Waals surface area contributed by atoms with Crippen LogP contribution in [0, 0.1) is 11.8 Å². The molecule has 11 nitrogen and oxygen atoms in total. The van der Waals surface area contributed by atoms with Gasteiger partial charge in [0.05, 0.1) is 0 Å². The van der Waals surface area contributed by atoms with Crippen LogP contribution >= 0.6 is 0 Å². The lowest BCUT2D eigenvalue weighted by Gasteiger charge is -2.28. The van der Waals surface area contributed by atoms with Gasteiger partial charge in [-0.05, 0) is 44.4 Å². The predicted octanol–water partition coefficient (Wildman–Crippen LogP) is 0.794. The summed E-state index contributed by atoms with van der Waals surface area (Å²) in [4.78, 5) is 30.1. The van der Waals surface area contributed by atoms with Crippen molar-refractivity contribution in [3.05, 3.63) is 17.2 Å². The zero-order valence-corrected chi connectivity index (χ0v) is 23.5. The minimum Gasteiger partial charge on any atom is -0.463 e. The van der Waals surface area contributed by atoms with Crippen LogP contribution in [-0.2, 0) is 23.8 Å². The molecule has 2 aliphatic heterocycles. The van der Waals surface area contributed by atoms with Crippen molar-refractivity contribution in [1.82, 2.24) is 24.9 Å². The number of halogens is 1. The van der Waals surface area contributed by atoms with Gasteiger partial charge in [0.25, 0.3) is 0 Å². The first-order chi connectivity index (χ1) is 19.3. The van der Waals surface area contributed by atoms with Crippen molar-refractivity contribution in [1.29, 1.82) is 0 Å². The van der Waals surface area contributed by atoms with Gasteiger partial charge < -0.3 is 19.5 Å². The number of ether oxygens (including phenoxy) is 3. The second-order valence-electron chi connectivity index (χ2n) is 11.8. The van der Waals surface area contributed by atoms with Crippen LogP contribution in [0.1, 0.15) is 90.2 Å². The molecule has 2 aliphatic carbocycles. The molecular formula is C28H42FN6O5+. The van der Waals surface area contributed by atoms with Gasteiger partial charge in [-0.1, -0.05) is 38.5 Å². The van der Waals surface area contributed by atoms with Crippen molar-refractivity contribution in [2.75, 3.05) is 13.7 Å². The molecule has 2 saturated carbocycles. The topological polar surface area (TPSA) is 144 Å². The Morgan fingerprint density at radius 1 is 1.15 bits per heavy atom. The van der Waals surface area contributed by atoms with Crippen molar-refractivity contribution < 1.29 is 28.2 Å². The number of imidazole rings is 1. The van der Waals surface area contributed by atoms with Crippen LogP contribution in [0.2, 0.25) is 0 Å². The lowest BCUT2D eigenvalue weighted by Crippen LogP contribution is -2.53. The third-order valence-corrected chi connectivity index (χ3v) is 8.69. The number of alkyl halides is 1. The Kier molecular flexibility index (Phi) is 8.65. The number of carbonyl (C=O) groups excluding carboxylic acids is 2. The van der Waals surface area contributed by atoms with Crippen LogP contribution in [0.3, 0.4) is 0 Å². The summed E-state index contributed by atoms with van der Waals surface area (Å²) in [5, 5.41) is 6.31. The molecule has 12 heteroatoms. The standard InChI is InChI=1S/C28H41FN6O5/c1-28(29)23(40-21(37)14-18-11-7-4-8-12-18)19(15-38-20(36)13-17-9-5-3-6-10-17)39-26(28)35-16-32-22-24(31-2)33-27(30)34-25(22)35/h16-19,23,26H,3-15H2,1-2H3,(H3,30,31,33,34)/p+1/t19-,23-,26-,28-/m1/s1. The quantitative estimate of drug-likeness (QED) is 0.295. The van der Waals surface area contributed by atoms with Crippen LogP contribution in [-0.4, -0.2) is 59.0 Å². The van der Waals surface area contributed by atoms with E-state index >= 15 is 4.39 Å². The van der Waals surface area contributed by atoms with E-state index in [0.717, 1.165) is 51.4 Å². The molecule has 4 atom stereocenters. The summed E-state index contributed by atoms with van der Waals surface area (Å²) in [5.41, 5.74) is 4.08. The van der Waals surface area contributed by atoms with E-state index in [1.165, 1.54) is 30.7 Å². The van der Waals surface area contributed by atoms with Crippen molar-refractivity contribution >= 4 is 23.7 Å². The largest absolute Gasteiger partial charge is 0.463 e. The summed E-state index contributed by atoms with van der Waals surface area (Å²) < 4.78 is 40.1. The highest BCUT2D eigenvalue weighted by Crippen LogP contribution is 2.43. The molecule has 0 amide bonds.